The summed E-state index contributed by atoms with van der Waals surface area (Å²) in [5.74, 6) is -0.344. The standard InChI is InChI=1S/C14H20N2O4S/c1-10-6-12(15)9-16(8-10)21(18,19)13-5-3-4-11(7-13)14(17)20-2/h3-5,7,10,12H,6,8-9,15H2,1-2H3. The maximum absolute atomic E-state index is 12.7. The van der Waals surface area contributed by atoms with E-state index < -0.39 is 16.0 Å². The summed E-state index contributed by atoms with van der Waals surface area (Å²) in [7, 11) is -2.39. The summed E-state index contributed by atoms with van der Waals surface area (Å²) in [5.41, 5.74) is 6.13. The molecule has 1 aromatic carbocycles. The third-order valence-electron chi connectivity index (χ3n) is 3.55. The molecule has 0 aliphatic carbocycles. The Morgan fingerprint density at radius 2 is 2.10 bits per heavy atom. The first-order chi connectivity index (χ1) is 9.84. The molecule has 21 heavy (non-hydrogen) atoms. The van der Waals surface area contributed by atoms with E-state index in [1.807, 2.05) is 6.92 Å². The molecular weight excluding hydrogens is 292 g/mol. The SMILES string of the molecule is COC(=O)c1cccc(S(=O)(=O)N2CC(C)CC(N)C2)c1. The Bertz CT molecular complexity index is 620. The van der Waals surface area contributed by atoms with E-state index in [9.17, 15) is 13.2 Å². The molecule has 0 spiro atoms. The zero-order chi connectivity index (χ0) is 15.6. The Kier molecular flexibility index (Phi) is 4.65. The van der Waals surface area contributed by atoms with Gasteiger partial charge < -0.3 is 10.5 Å². The summed E-state index contributed by atoms with van der Waals surface area (Å²) >= 11 is 0. The van der Waals surface area contributed by atoms with Gasteiger partial charge in [0, 0.05) is 19.1 Å². The normalized spacial score (nSPS) is 23.8. The van der Waals surface area contributed by atoms with Crippen molar-refractivity contribution in [1.82, 2.24) is 4.31 Å². The third-order valence-corrected chi connectivity index (χ3v) is 5.38. The molecule has 7 heteroatoms. The molecule has 0 aromatic heterocycles. The number of hydrogen-bond donors (Lipinski definition) is 1. The van der Waals surface area contributed by atoms with Crippen LogP contribution in [-0.2, 0) is 14.8 Å². The lowest BCUT2D eigenvalue weighted by Crippen LogP contribution is -2.48. The van der Waals surface area contributed by atoms with Gasteiger partial charge in [0.1, 0.15) is 0 Å². The summed E-state index contributed by atoms with van der Waals surface area (Å²) in [5, 5.41) is 0. The largest absolute Gasteiger partial charge is 0.465 e. The van der Waals surface area contributed by atoms with Crippen molar-refractivity contribution in [3.8, 4) is 0 Å². The molecule has 0 saturated carbocycles. The van der Waals surface area contributed by atoms with E-state index in [1.54, 1.807) is 0 Å². The van der Waals surface area contributed by atoms with Crippen LogP contribution in [0.3, 0.4) is 0 Å². The fourth-order valence-electron chi connectivity index (χ4n) is 2.60. The average Bonchev–Trinajstić information content (AvgIpc) is 2.45. The Hall–Kier alpha value is -1.44. The van der Waals surface area contributed by atoms with Crippen molar-refractivity contribution < 1.29 is 17.9 Å². The maximum Gasteiger partial charge on any atom is 0.337 e. The van der Waals surface area contributed by atoms with E-state index in [0.717, 1.165) is 6.42 Å². The smallest absolute Gasteiger partial charge is 0.337 e. The zero-order valence-corrected chi connectivity index (χ0v) is 13.0. The van der Waals surface area contributed by atoms with Crippen molar-refractivity contribution in [3.63, 3.8) is 0 Å². The maximum atomic E-state index is 12.7. The molecule has 2 N–H and O–H groups in total. The van der Waals surface area contributed by atoms with Gasteiger partial charge in [-0.2, -0.15) is 4.31 Å². The molecular formula is C14H20N2O4S. The van der Waals surface area contributed by atoms with Gasteiger partial charge in [-0.05, 0) is 30.5 Å². The van der Waals surface area contributed by atoms with Crippen molar-refractivity contribution in [2.45, 2.75) is 24.3 Å². The van der Waals surface area contributed by atoms with E-state index in [2.05, 4.69) is 4.74 Å². The van der Waals surface area contributed by atoms with Crippen LogP contribution in [0.4, 0.5) is 0 Å². The van der Waals surface area contributed by atoms with Gasteiger partial charge in [0.2, 0.25) is 10.0 Å². The molecule has 1 heterocycles. The van der Waals surface area contributed by atoms with Gasteiger partial charge in [0.25, 0.3) is 0 Å². The van der Waals surface area contributed by atoms with Gasteiger partial charge in [-0.1, -0.05) is 13.0 Å². The Morgan fingerprint density at radius 1 is 1.38 bits per heavy atom. The summed E-state index contributed by atoms with van der Waals surface area (Å²) in [6, 6.07) is 5.72. The van der Waals surface area contributed by atoms with E-state index in [4.69, 9.17) is 5.73 Å². The van der Waals surface area contributed by atoms with Gasteiger partial charge in [-0.25, -0.2) is 13.2 Å². The number of carbonyl (C=O) groups excluding carboxylic acids is 1. The van der Waals surface area contributed by atoms with Crippen LogP contribution in [0.1, 0.15) is 23.7 Å². The lowest BCUT2D eigenvalue weighted by molar-refractivity contribution is 0.0600. The first-order valence-electron chi connectivity index (χ1n) is 6.78. The van der Waals surface area contributed by atoms with Gasteiger partial charge in [0.05, 0.1) is 17.6 Å². The predicted octanol–water partition coefficient (Wildman–Crippen LogP) is 0.831. The number of piperidine rings is 1. The van der Waals surface area contributed by atoms with Gasteiger partial charge in [-0.3, -0.25) is 0 Å². The van der Waals surface area contributed by atoms with Crippen LogP contribution < -0.4 is 5.73 Å². The minimum absolute atomic E-state index is 0.0895. The molecule has 2 unspecified atom stereocenters. The highest BCUT2D eigenvalue weighted by Crippen LogP contribution is 2.23. The number of nitrogens with zero attached hydrogens (tertiary/aromatic N) is 1. The highest BCUT2D eigenvalue weighted by Gasteiger charge is 2.32. The third kappa shape index (κ3) is 3.42. The van der Waals surface area contributed by atoms with E-state index in [-0.39, 0.29) is 22.4 Å². The summed E-state index contributed by atoms with van der Waals surface area (Å²) < 4.78 is 31.3. The number of nitrogens with two attached hydrogens (primary N) is 1. The summed E-state index contributed by atoms with van der Waals surface area (Å²) in [6.07, 6.45) is 0.814. The fourth-order valence-corrected chi connectivity index (χ4v) is 4.26. The van der Waals surface area contributed by atoms with E-state index >= 15 is 0 Å². The average molecular weight is 312 g/mol. The van der Waals surface area contributed by atoms with Crippen LogP contribution in [0, 0.1) is 5.92 Å². The lowest BCUT2D eigenvalue weighted by Gasteiger charge is -2.33. The number of esters is 1. The Labute approximate surface area is 124 Å². The molecule has 116 valence electrons. The summed E-state index contributed by atoms with van der Waals surface area (Å²) in [4.78, 5) is 11.6. The molecule has 0 radical (unpaired) electrons. The zero-order valence-electron chi connectivity index (χ0n) is 12.2. The molecule has 6 nitrogen and oxygen atoms in total. The number of sulfonamides is 1. The second-order valence-corrected chi connectivity index (χ2v) is 7.38. The Balaban J connectivity index is 2.33. The van der Waals surface area contributed by atoms with Crippen LogP contribution >= 0.6 is 0 Å². The van der Waals surface area contributed by atoms with Crippen molar-refractivity contribution in [2.24, 2.45) is 11.7 Å². The molecule has 0 bridgehead atoms. The van der Waals surface area contributed by atoms with Crippen LogP contribution in [0.5, 0.6) is 0 Å². The second-order valence-electron chi connectivity index (χ2n) is 5.44. The minimum atomic E-state index is -3.65. The second kappa shape index (κ2) is 6.13. The number of carbonyl (C=O) groups is 1. The van der Waals surface area contributed by atoms with Crippen molar-refractivity contribution in [2.75, 3.05) is 20.2 Å². The van der Waals surface area contributed by atoms with E-state index in [0.29, 0.717) is 13.1 Å². The van der Waals surface area contributed by atoms with Crippen LogP contribution in [0.15, 0.2) is 29.2 Å². The van der Waals surface area contributed by atoms with Gasteiger partial charge >= 0.3 is 5.97 Å². The number of hydrogen-bond acceptors (Lipinski definition) is 5. The van der Waals surface area contributed by atoms with Crippen LogP contribution in [0.2, 0.25) is 0 Å². The van der Waals surface area contributed by atoms with Crippen molar-refractivity contribution in [1.29, 1.82) is 0 Å². The first-order valence-corrected chi connectivity index (χ1v) is 8.22. The quantitative estimate of drug-likeness (QED) is 0.835. The molecule has 2 rings (SSSR count). The Morgan fingerprint density at radius 3 is 2.71 bits per heavy atom. The molecule has 1 aliphatic heterocycles. The highest BCUT2D eigenvalue weighted by atomic mass is 32.2. The first kappa shape index (κ1) is 15.9. The molecule has 1 aliphatic rings. The summed E-state index contributed by atoms with van der Waals surface area (Å²) in [6.45, 7) is 2.72. The molecule has 1 saturated heterocycles. The number of methoxy groups -OCH3 is 1. The van der Waals surface area contributed by atoms with Crippen molar-refractivity contribution >= 4 is 16.0 Å². The number of benzene rings is 1. The van der Waals surface area contributed by atoms with Gasteiger partial charge in [-0.15, -0.1) is 0 Å². The molecule has 1 aromatic rings. The van der Waals surface area contributed by atoms with Crippen LogP contribution in [0.25, 0.3) is 0 Å². The molecule has 2 atom stereocenters. The highest BCUT2D eigenvalue weighted by molar-refractivity contribution is 7.89. The number of ether oxygens (including phenoxy) is 1. The minimum Gasteiger partial charge on any atom is -0.465 e. The molecule has 1 fully saturated rings. The van der Waals surface area contributed by atoms with Crippen molar-refractivity contribution in [3.05, 3.63) is 29.8 Å². The number of rotatable bonds is 3. The topological polar surface area (TPSA) is 89.7 Å². The monoisotopic (exact) mass is 312 g/mol. The fraction of sp³-hybridized carbons (Fsp3) is 0.500. The lowest BCUT2D eigenvalue weighted by atomic mass is 9.99. The predicted molar refractivity (Wildman–Crippen MR) is 78.3 cm³/mol. The molecule has 0 amide bonds. The van der Waals surface area contributed by atoms with E-state index in [1.165, 1.54) is 35.7 Å². The van der Waals surface area contributed by atoms with Crippen LogP contribution in [-0.4, -0.2) is 44.9 Å². The van der Waals surface area contributed by atoms with Gasteiger partial charge in [0.15, 0.2) is 0 Å².